The molecule has 2 rings (SSSR count). The zero-order valence-electron chi connectivity index (χ0n) is 6.98. The van der Waals surface area contributed by atoms with Crippen molar-refractivity contribution in [2.45, 2.75) is 6.92 Å². The van der Waals surface area contributed by atoms with Gasteiger partial charge in [0.25, 0.3) is 0 Å². The number of hydrogen-bond acceptors (Lipinski definition) is 3. The second-order valence-corrected chi connectivity index (χ2v) is 2.70. The SMILES string of the molecule is Cc1cc(-c2ccn(C)n2)no1. The van der Waals surface area contributed by atoms with Crippen molar-refractivity contribution in [1.29, 1.82) is 0 Å². The summed E-state index contributed by atoms with van der Waals surface area (Å²) in [5.41, 5.74) is 1.63. The van der Waals surface area contributed by atoms with Crippen LogP contribution in [0.3, 0.4) is 0 Å². The molecule has 0 aliphatic carbocycles. The highest BCUT2D eigenvalue weighted by atomic mass is 16.5. The van der Waals surface area contributed by atoms with E-state index in [0.29, 0.717) is 0 Å². The number of aromatic nitrogens is 3. The minimum atomic E-state index is 0.785. The fourth-order valence-electron chi connectivity index (χ4n) is 1.04. The Balaban J connectivity index is 2.43. The second kappa shape index (κ2) is 2.48. The van der Waals surface area contributed by atoms with E-state index in [-0.39, 0.29) is 0 Å². The third-order valence-corrected chi connectivity index (χ3v) is 1.60. The molecule has 0 bridgehead atoms. The summed E-state index contributed by atoms with van der Waals surface area (Å²) >= 11 is 0. The van der Waals surface area contributed by atoms with Crippen molar-refractivity contribution in [2.24, 2.45) is 7.05 Å². The maximum atomic E-state index is 4.93. The van der Waals surface area contributed by atoms with Crippen LogP contribution in [0.1, 0.15) is 5.76 Å². The minimum Gasteiger partial charge on any atom is -0.361 e. The summed E-state index contributed by atoms with van der Waals surface area (Å²) in [6.07, 6.45) is 1.87. The van der Waals surface area contributed by atoms with Gasteiger partial charge in [-0.3, -0.25) is 4.68 Å². The van der Waals surface area contributed by atoms with Gasteiger partial charge in [0.2, 0.25) is 0 Å². The van der Waals surface area contributed by atoms with Crippen molar-refractivity contribution in [2.75, 3.05) is 0 Å². The zero-order valence-corrected chi connectivity index (χ0v) is 6.98. The standard InChI is InChI=1S/C8H9N3O/c1-6-5-8(10-12-6)7-3-4-11(2)9-7/h3-5H,1-2H3. The van der Waals surface area contributed by atoms with Crippen LogP contribution in [0.15, 0.2) is 22.9 Å². The van der Waals surface area contributed by atoms with Gasteiger partial charge in [0.15, 0.2) is 0 Å². The van der Waals surface area contributed by atoms with Gasteiger partial charge >= 0.3 is 0 Å². The van der Waals surface area contributed by atoms with Crippen LogP contribution in [0.25, 0.3) is 11.4 Å². The Hall–Kier alpha value is -1.58. The largest absolute Gasteiger partial charge is 0.361 e. The van der Waals surface area contributed by atoms with Crippen molar-refractivity contribution >= 4 is 0 Å². The lowest BCUT2D eigenvalue weighted by Gasteiger charge is -1.85. The van der Waals surface area contributed by atoms with E-state index in [4.69, 9.17) is 4.52 Å². The summed E-state index contributed by atoms with van der Waals surface area (Å²) in [7, 11) is 1.87. The molecular weight excluding hydrogens is 154 g/mol. The van der Waals surface area contributed by atoms with Crippen LogP contribution in [0, 0.1) is 6.92 Å². The first-order valence-corrected chi connectivity index (χ1v) is 3.69. The first-order valence-electron chi connectivity index (χ1n) is 3.69. The molecular formula is C8H9N3O. The van der Waals surface area contributed by atoms with E-state index in [1.165, 1.54) is 0 Å². The normalized spacial score (nSPS) is 10.5. The van der Waals surface area contributed by atoms with Crippen LogP contribution in [0.5, 0.6) is 0 Å². The van der Waals surface area contributed by atoms with Crippen molar-refractivity contribution in [3.05, 3.63) is 24.1 Å². The van der Waals surface area contributed by atoms with Crippen LogP contribution in [-0.4, -0.2) is 14.9 Å². The van der Waals surface area contributed by atoms with Crippen molar-refractivity contribution < 1.29 is 4.52 Å². The monoisotopic (exact) mass is 163 g/mol. The summed E-state index contributed by atoms with van der Waals surface area (Å²) in [4.78, 5) is 0. The molecule has 0 saturated heterocycles. The third kappa shape index (κ3) is 1.11. The average Bonchev–Trinajstić information content (AvgIpc) is 2.58. The lowest BCUT2D eigenvalue weighted by Crippen LogP contribution is -1.87. The van der Waals surface area contributed by atoms with Crippen LogP contribution < -0.4 is 0 Å². The minimum absolute atomic E-state index is 0.785. The van der Waals surface area contributed by atoms with E-state index in [0.717, 1.165) is 17.1 Å². The molecule has 2 aromatic rings. The smallest absolute Gasteiger partial charge is 0.134 e. The molecule has 0 aliphatic heterocycles. The maximum absolute atomic E-state index is 4.93. The topological polar surface area (TPSA) is 43.9 Å². The van der Waals surface area contributed by atoms with Gasteiger partial charge in [-0.2, -0.15) is 5.10 Å². The average molecular weight is 163 g/mol. The van der Waals surface area contributed by atoms with Gasteiger partial charge < -0.3 is 4.52 Å². The van der Waals surface area contributed by atoms with Crippen molar-refractivity contribution in [3.63, 3.8) is 0 Å². The lowest BCUT2D eigenvalue weighted by molar-refractivity contribution is 0.399. The number of nitrogens with zero attached hydrogens (tertiary/aromatic N) is 3. The van der Waals surface area contributed by atoms with Gasteiger partial charge in [0.1, 0.15) is 17.1 Å². The molecule has 4 heteroatoms. The van der Waals surface area contributed by atoms with Crippen LogP contribution in [0.4, 0.5) is 0 Å². The molecule has 0 saturated carbocycles. The fraction of sp³-hybridized carbons (Fsp3) is 0.250. The second-order valence-electron chi connectivity index (χ2n) is 2.70. The molecule has 0 aromatic carbocycles. The molecule has 0 amide bonds. The molecule has 0 N–H and O–H groups in total. The van der Waals surface area contributed by atoms with Gasteiger partial charge in [-0.05, 0) is 13.0 Å². The van der Waals surface area contributed by atoms with Crippen LogP contribution in [-0.2, 0) is 7.05 Å². The van der Waals surface area contributed by atoms with E-state index in [2.05, 4.69) is 10.3 Å². The Labute approximate surface area is 69.8 Å². The lowest BCUT2D eigenvalue weighted by atomic mass is 10.3. The highest BCUT2D eigenvalue weighted by molar-refractivity contribution is 5.52. The van der Waals surface area contributed by atoms with Gasteiger partial charge in [-0.1, -0.05) is 5.16 Å². The predicted molar refractivity (Wildman–Crippen MR) is 43.4 cm³/mol. The van der Waals surface area contributed by atoms with E-state index >= 15 is 0 Å². The third-order valence-electron chi connectivity index (χ3n) is 1.60. The molecule has 12 heavy (non-hydrogen) atoms. The Bertz CT molecular complexity index is 350. The number of hydrogen-bond donors (Lipinski definition) is 0. The van der Waals surface area contributed by atoms with Crippen LogP contribution in [0.2, 0.25) is 0 Å². The fourth-order valence-corrected chi connectivity index (χ4v) is 1.04. The molecule has 0 fully saturated rings. The number of rotatable bonds is 1. The first kappa shape index (κ1) is 7.09. The molecule has 2 aromatic heterocycles. The molecule has 0 radical (unpaired) electrons. The van der Waals surface area contributed by atoms with Crippen molar-refractivity contribution in [3.8, 4) is 11.4 Å². The summed E-state index contributed by atoms with van der Waals surface area (Å²) in [5, 5.41) is 8.04. The summed E-state index contributed by atoms with van der Waals surface area (Å²) in [6, 6.07) is 3.76. The molecule has 0 unspecified atom stereocenters. The number of aryl methyl sites for hydroxylation is 2. The maximum Gasteiger partial charge on any atom is 0.134 e. The summed E-state index contributed by atoms with van der Waals surface area (Å²) in [6.45, 7) is 1.86. The first-order chi connectivity index (χ1) is 5.75. The van der Waals surface area contributed by atoms with Gasteiger partial charge in [0.05, 0.1) is 0 Å². The highest BCUT2D eigenvalue weighted by Crippen LogP contribution is 2.15. The van der Waals surface area contributed by atoms with E-state index < -0.39 is 0 Å². The van der Waals surface area contributed by atoms with E-state index in [1.807, 2.05) is 32.3 Å². The van der Waals surface area contributed by atoms with Crippen LogP contribution >= 0.6 is 0 Å². The van der Waals surface area contributed by atoms with E-state index in [9.17, 15) is 0 Å². The zero-order chi connectivity index (χ0) is 8.55. The molecule has 0 aliphatic rings. The Kier molecular flexibility index (Phi) is 1.46. The van der Waals surface area contributed by atoms with Gasteiger partial charge in [0, 0.05) is 19.3 Å². The molecule has 2 heterocycles. The summed E-state index contributed by atoms with van der Waals surface area (Å²) in [5.74, 6) is 0.802. The Morgan fingerprint density at radius 2 is 2.25 bits per heavy atom. The molecule has 62 valence electrons. The Morgan fingerprint density at radius 3 is 2.75 bits per heavy atom. The van der Waals surface area contributed by atoms with Gasteiger partial charge in [-0.25, -0.2) is 0 Å². The molecule has 0 atom stereocenters. The van der Waals surface area contributed by atoms with Crippen molar-refractivity contribution in [1.82, 2.24) is 14.9 Å². The molecule has 0 spiro atoms. The Morgan fingerprint density at radius 1 is 1.42 bits per heavy atom. The predicted octanol–water partition coefficient (Wildman–Crippen LogP) is 1.38. The highest BCUT2D eigenvalue weighted by Gasteiger charge is 2.05. The van der Waals surface area contributed by atoms with E-state index in [1.54, 1.807) is 4.68 Å². The quantitative estimate of drug-likeness (QED) is 0.638. The summed E-state index contributed by atoms with van der Waals surface area (Å²) < 4.78 is 6.66. The molecule has 4 nitrogen and oxygen atoms in total. The van der Waals surface area contributed by atoms with Gasteiger partial charge in [-0.15, -0.1) is 0 Å².